The number of carbonyl (C=O) groups is 1. The Morgan fingerprint density at radius 2 is 2.24 bits per heavy atom. The molecule has 0 aliphatic carbocycles. The summed E-state index contributed by atoms with van der Waals surface area (Å²) in [6, 6.07) is 9.87. The third-order valence-electron chi connectivity index (χ3n) is 3.61. The van der Waals surface area contributed by atoms with Crippen LogP contribution in [0.25, 0.3) is 11.4 Å². The summed E-state index contributed by atoms with van der Waals surface area (Å²) in [5, 5.41) is 2.93. The molecule has 1 amide bonds. The van der Waals surface area contributed by atoms with E-state index in [4.69, 9.17) is 4.74 Å². The average molecular weight is 285 g/mol. The van der Waals surface area contributed by atoms with Crippen LogP contribution >= 0.6 is 0 Å². The fourth-order valence-corrected chi connectivity index (χ4v) is 2.53. The molecular formula is C16H19N3O2. The van der Waals surface area contributed by atoms with Gasteiger partial charge in [0.15, 0.2) is 0 Å². The van der Waals surface area contributed by atoms with E-state index < -0.39 is 0 Å². The van der Waals surface area contributed by atoms with Crippen molar-refractivity contribution in [3.05, 3.63) is 42.7 Å². The molecule has 1 aromatic carbocycles. The van der Waals surface area contributed by atoms with Crippen molar-refractivity contribution in [2.45, 2.75) is 25.5 Å². The standard InChI is InChI=1S/C16H19N3O2/c20-15(18-11-14-7-4-10-21-14)12-19-9-8-17-16(19)13-5-2-1-3-6-13/h1-3,5-6,8-9,14H,4,7,10-12H2,(H,18,20)/t14-/m1/s1. The molecule has 1 atom stereocenters. The predicted molar refractivity (Wildman–Crippen MR) is 79.6 cm³/mol. The van der Waals surface area contributed by atoms with Gasteiger partial charge in [0.1, 0.15) is 12.4 Å². The number of nitrogens with one attached hydrogen (secondary N) is 1. The van der Waals surface area contributed by atoms with Gasteiger partial charge in [-0.2, -0.15) is 0 Å². The number of amides is 1. The first kappa shape index (κ1) is 13.8. The SMILES string of the molecule is O=C(Cn1ccnc1-c1ccccc1)NC[C@H]1CCCO1. The van der Waals surface area contributed by atoms with E-state index in [9.17, 15) is 4.79 Å². The topological polar surface area (TPSA) is 56.2 Å². The van der Waals surface area contributed by atoms with E-state index in [0.29, 0.717) is 6.54 Å². The average Bonchev–Trinajstić information content (AvgIpc) is 3.17. The maximum Gasteiger partial charge on any atom is 0.240 e. The largest absolute Gasteiger partial charge is 0.376 e. The number of carbonyl (C=O) groups excluding carboxylic acids is 1. The van der Waals surface area contributed by atoms with Crippen molar-refractivity contribution >= 4 is 5.91 Å². The highest BCUT2D eigenvalue weighted by Gasteiger charge is 2.16. The monoisotopic (exact) mass is 285 g/mol. The molecule has 110 valence electrons. The third-order valence-corrected chi connectivity index (χ3v) is 3.61. The van der Waals surface area contributed by atoms with E-state index in [1.165, 1.54) is 0 Å². The zero-order chi connectivity index (χ0) is 14.5. The molecule has 1 aliphatic heterocycles. The van der Waals surface area contributed by atoms with Crippen molar-refractivity contribution in [1.82, 2.24) is 14.9 Å². The molecule has 21 heavy (non-hydrogen) atoms. The molecule has 2 aromatic rings. The van der Waals surface area contributed by atoms with Crippen LogP contribution in [0, 0.1) is 0 Å². The Morgan fingerprint density at radius 3 is 3.00 bits per heavy atom. The molecule has 5 heteroatoms. The second kappa shape index (κ2) is 6.54. The second-order valence-electron chi connectivity index (χ2n) is 5.18. The fourth-order valence-electron chi connectivity index (χ4n) is 2.53. The van der Waals surface area contributed by atoms with E-state index in [2.05, 4.69) is 10.3 Å². The summed E-state index contributed by atoms with van der Waals surface area (Å²) >= 11 is 0. The first-order chi connectivity index (χ1) is 10.3. The van der Waals surface area contributed by atoms with Crippen molar-refractivity contribution in [2.24, 2.45) is 0 Å². The molecule has 0 unspecified atom stereocenters. The molecule has 2 heterocycles. The molecule has 1 aliphatic rings. The first-order valence-electron chi connectivity index (χ1n) is 7.28. The van der Waals surface area contributed by atoms with Gasteiger partial charge in [-0.25, -0.2) is 4.98 Å². The van der Waals surface area contributed by atoms with Crippen molar-refractivity contribution in [3.8, 4) is 11.4 Å². The number of imidazole rings is 1. The van der Waals surface area contributed by atoms with Gasteiger partial charge in [-0.3, -0.25) is 4.79 Å². The predicted octanol–water partition coefficient (Wildman–Crippen LogP) is 1.85. The van der Waals surface area contributed by atoms with Gasteiger partial charge in [-0.15, -0.1) is 0 Å². The van der Waals surface area contributed by atoms with E-state index in [-0.39, 0.29) is 18.6 Å². The van der Waals surface area contributed by atoms with Crippen LogP contribution in [0.3, 0.4) is 0 Å². The minimum absolute atomic E-state index is 0.0133. The number of aromatic nitrogens is 2. The van der Waals surface area contributed by atoms with Crippen LogP contribution in [0.5, 0.6) is 0 Å². The molecule has 3 rings (SSSR count). The summed E-state index contributed by atoms with van der Waals surface area (Å²) in [5.74, 6) is 0.795. The molecular weight excluding hydrogens is 266 g/mol. The van der Waals surface area contributed by atoms with Crippen molar-refractivity contribution in [3.63, 3.8) is 0 Å². The Hall–Kier alpha value is -2.14. The Morgan fingerprint density at radius 1 is 1.38 bits per heavy atom. The van der Waals surface area contributed by atoms with Crippen LogP contribution < -0.4 is 5.32 Å². The number of hydrogen-bond acceptors (Lipinski definition) is 3. The van der Waals surface area contributed by atoms with Gasteiger partial charge in [0.25, 0.3) is 0 Å². The van der Waals surface area contributed by atoms with Crippen molar-refractivity contribution < 1.29 is 9.53 Å². The van der Waals surface area contributed by atoms with E-state index in [0.717, 1.165) is 30.8 Å². The minimum Gasteiger partial charge on any atom is -0.376 e. The van der Waals surface area contributed by atoms with Crippen LogP contribution in [0.15, 0.2) is 42.7 Å². The molecule has 0 radical (unpaired) electrons. The van der Waals surface area contributed by atoms with E-state index in [1.54, 1.807) is 6.20 Å². The molecule has 1 aromatic heterocycles. The Bertz CT molecular complexity index is 589. The maximum atomic E-state index is 12.0. The second-order valence-corrected chi connectivity index (χ2v) is 5.18. The summed E-state index contributed by atoms with van der Waals surface area (Å²) in [7, 11) is 0. The molecule has 1 N–H and O–H groups in total. The first-order valence-corrected chi connectivity index (χ1v) is 7.28. The summed E-state index contributed by atoms with van der Waals surface area (Å²) in [5.41, 5.74) is 1.01. The number of benzene rings is 1. The molecule has 0 spiro atoms. The van der Waals surface area contributed by atoms with Gasteiger partial charge in [-0.05, 0) is 12.8 Å². The highest BCUT2D eigenvalue weighted by molar-refractivity contribution is 5.76. The van der Waals surface area contributed by atoms with Gasteiger partial charge in [-0.1, -0.05) is 30.3 Å². The van der Waals surface area contributed by atoms with Crippen LogP contribution in [-0.2, 0) is 16.1 Å². The van der Waals surface area contributed by atoms with E-state index >= 15 is 0 Å². The molecule has 1 saturated heterocycles. The van der Waals surface area contributed by atoms with Gasteiger partial charge in [0, 0.05) is 31.1 Å². The van der Waals surface area contributed by atoms with Crippen molar-refractivity contribution in [2.75, 3.05) is 13.2 Å². The zero-order valence-corrected chi connectivity index (χ0v) is 11.9. The van der Waals surface area contributed by atoms with Crippen LogP contribution in [-0.4, -0.2) is 34.7 Å². The van der Waals surface area contributed by atoms with Gasteiger partial charge in [0.2, 0.25) is 5.91 Å². The van der Waals surface area contributed by atoms with Crippen LogP contribution in [0.1, 0.15) is 12.8 Å². The van der Waals surface area contributed by atoms with Crippen LogP contribution in [0.4, 0.5) is 0 Å². The molecule has 5 nitrogen and oxygen atoms in total. The summed E-state index contributed by atoms with van der Waals surface area (Å²) in [6.07, 6.45) is 5.83. The molecule has 0 saturated carbocycles. The highest BCUT2D eigenvalue weighted by Crippen LogP contribution is 2.16. The third kappa shape index (κ3) is 3.49. The normalized spacial score (nSPS) is 17.8. The lowest BCUT2D eigenvalue weighted by Crippen LogP contribution is -2.34. The minimum atomic E-state index is -0.0133. The Labute approximate surface area is 124 Å². The van der Waals surface area contributed by atoms with Gasteiger partial charge in [0.05, 0.1) is 6.10 Å². The number of hydrogen-bond donors (Lipinski definition) is 1. The quantitative estimate of drug-likeness (QED) is 0.912. The smallest absolute Gasteiger partial charge is 0.240 e. The zero-order valence-electron chi connectivity index (χ0n) is 11.9. The van der Waals surface area contributed by atoms with Gasteiger partial charge >= 0.3 is 0 Å². The lowest BCUT2D eigenvalue weighted by Gasteiger charge is -2.12. The number of nitrogens with zero attached hydrogens (tertiary/aromatic N) is 2. The Kier molecular flexibility index (Phi) is 4.31. The lowest BCUT2D eigenvalue weighted by molar-refractivity contribution is -0.122. The van der Waals surface area contributed by atoms with Crippen LogP contribution in [0.2, 0.25) is 0 Å². The summed E-state index contributed by atoms with van der Waals surface area (Å²) in [4.78, 5) is 16.4. The summed E-state index contributed by atoms with van der Waals surface area (Å²) in [6.45, 7) is 1.67. The lowest BCUT2D eigenvalue weighted by atomic mass is 10.2. The Balaban J connectivity index is 1.60. The molecule has 1 fully saturated rings. The highest BCUT2D eigenvalue weighted by atomic mass is 16.5. The fraction of sp³-hybridized carbons (Fsp3) is 0.375. The van der Waals surface area contributed by atoms with Gasteiger partial charge < -0.3 is 14.6 Å². The maximum absolute atomic E-state index is 12.0. The van der Waals surface area contributed by atoms with Crippen molar-refractivity contribution in [1.29, 1.82) is 0 Å². The summed E-state index contributed by atoms with van der Waals surface area (Å²) < 4.78 is 7.36. The number of rotatable bonds is 5. The van der Waals surface area contributed by atoms with E-state index in [1.807, 2.05) is 41.1 Å². The molecule has 0 bridgehead atoms. The number of ether oxygens (including phenoxy) is 1.